The lowest BCUT2D eigenvalue weighted by atomic mass is 10.0. The van der Waals surface area contributed by atoms with Crippen molar-refractivity contribution in [1.82, 2.24) is 14.9 Å². The molecule has 7 nitrogen and oxygen atoms in total. The number of nitrogens with one attached hydrogen (secondary N) is 2. The number of halogens is 3. The quantitative estimate of drug-likeness (QED) is 0.763. The van der Waals surface area contributed by atoms with Gasteiger partial charge in [0.2, 0.25) is 15.9 Å². The van der Waals surface area contributed by atoms with Crippen LogP contribution in [0.5, 0.6) is 5.75 Å². The molecule has 0 spiro atoms. The minimum absolute atomic E-state index is 0.248. The summed E-state index contributed by atoms with van der Waals surface area (Å²) in [5, 5.41) is 3.25. The Kier molecular flexibility index (Phi) is 5.13. The largest absolute Gasteiger partial charge is 0.573 e. The van der Waals surface area contributed by atoms with Crippen LogP contribution in [0.4, 0.5) is 13.2 Å². The highest BCUT2D eigenvalue weighted by atomic mass is 32.2. The number of amides is 1. The first-order valence-electron chi connectivity index (χ1n) is 7.98. The third-order valence-electron chi connectivity index (χ3n) is 4.52. The van der Waals surface area contributed by atoms with Crippen molar-refractivity contribution < 1.29 is 31.1 Å². The molecule has 0 aromatic heterocycles. The van der Waals surface area contributed by atoms with Gasteiger partial charge in [0.1, 0.15) is 5.75 Å². The zero-order chi connectivity index (χ0) is 18.9. The van der Waals surface area contributed by atoms with Gasteiger partial charge in [0, 0.05) is 26.2 Å². The zero-order valence-electron chi connectivity index (χ0n) is 13.6. The molecule has 11 heteroatoms. The molecule has 1 amide bonds. The Labute approximate surface area is 148 Å². The number of rotatable bonds is 5. The summed E-state index contributed by atoms with van der Waals surface area (Å²) in [5.74, 6) is -0.0433. The summed E-state index contributed by atoms with van der Waals surface area (Å²) >= 11 is 0. The van der Waals surface area contributed by atoms with Crippen molar-refractivity contribution in [3.8, 4) is 5.75 Å². The second-order valence-electron chi connectivity index (χ2n) is 6.32. The van der Waals surface area contributed by atoms with Crippen LogP contribution >= 0.6 is 0 Å². The molecule has 0 unspecified atom stereocenters. The highest BCUT2D eigenvalue weighted by Gasteiger charge is 2.38. The van der Waals surface area contributed by atoms with Gasteiger partial charge in [0.05, 0.1) is 11.4 Å². The molecule has 2 fully saturated rings. The monoisotopic (exact) mass is 393 g/mol. The van der Waals surface area contributed by atoms with E-state index in [0.717, 1.165) is 37.4 Å². The van der Waals surface area contributed by atoms with E-state index in [1.165, 1.54) is 0 Å². The summed E-state index contributed by atoms with van der Waals surface area (Å²) in [6, 6.07) is 3.77. The second-order valence-corrected chi connectivity index (χ2v) is 8.09. The number of carbonyl (C=O) groups excluding carboxylic acids is 1. The second kappa shape index (κ2) is 7.05. The molecular formula is C15H18F3N3O4S. The average Bonchev–Trinajstić information content (AvgIpc) is 3.13. The number of benzene rings is 1. The Morgan fingerprint density at radius 3 is 2.31 bits per heavy atom. The predicted molar refractivity (Wildman–Crippen MR) is 84.7 cm³/mol. The predicted octanol–water partition coefficient (Wildman–Crippen LogP) is 0.541. The lowest BCUT2D eigenvalue weighted by Crippen LogP contribution is -2.40. The Bertz CT molecular complexity index is 755. The summed E-state index contributed by atoms with van der Waals surface area (Å²) in [7, 11) is -4.01. The van der Waals surface area contributed by atoms with Crippen LogP contribution in [-0.2, 0) is 14.8 Å². The van der Waals surface area contributed by atoms with E-state index in [4.69, 9.17) is 0 Å². The van der Waals surface area contributed by atoms with Gasteiger partial charge in [-0.15, -0.1) is 13.2 Å². The maximum Gasteiger partial charge on any atom is 0.573 e. The molecule has 144 valence electrons. The third-order valence-corrected chi connectivity index (χ3v) is 5.94. The first kappa shape index (κ1) is 18.9. The van der Waals surface area contributed by atoms with Gasteiger partial charge in [-0.25, -0.2) is 13.1 Å². The molecule has 3 rings (SSSR count). The summed E-state index contributed by atoms with van der Waals surface area (Å²) < 4.78 is 66.6. The van der Waals surface area contributed by atoms with E-state index in [2.05, 4.69) is 14.8 Å². The molecule has 2 heterocycles. The fourth-order valence-corrected chi connectivity index (χ4v) is 4.21. The Balaban J connectivity index is 1.56. The summed E-state index contributed by atoms with van der Waals surface area (Å²) in [5.41, 5.74) is 0. The first-order chi connectivity index (χ1) is 12.1. The number of nitrogens with zero attached hydrogens (tertiary/aromatic N) is 1. The van der Waals surface area contributed by atoms with E-state index < -0.39 is 28.7 Å². The van der Waals surface area contributed by atoms with Crippen LogP contribution in [0.2, 0.25) is 0 Å². The van der Waals surface area contributed by atoms with Crippen molar-refractivity contribution in [2.45, 2.75) is 11.3 Å². The van der Waals surface area contributed by atoms with E-state index in [1.807, 2.05) is 0 Å². The number of alkyl halides is 3. The normalized spacial score (nSPS) is 23.1. The van der Waals surface area contributed by atoms with Gasteiger partial charge in [-0.3, -0.25) is 4.79 Å². The number of carbonyl (C=O) groups is 1. The molecule has 26 heavy (non-hydrogen) atoms. The van der Waals surface area contributed by atoms with Crippen molar-refractivity contribution in [1.29, 1.82) is 0 Å². The minimum atomic E-state index is -4.85. The van der Waals surface area contributed by atoms with Crippen molar-refractivity contribution in [3.63, 3.8) is 0 Å². The Morgan fingerprint density at radius 1 is 1.19 bits per heavy atom. The van der Waals surface area contributed by atoms with E-state index in [9.17, 15) is 26.4 Å². The molecule has 0 radical (unpaired) electrons. The molecular weight excluding hydrogens is 375 g/mol. The van der Waals surface area contributed by atoms with Gasteiger partial charge >= 0.3 is 6.36 Å². The lowest BCUT2D eigenvalue weighted by Gasteiger charge is -2.18. The molecule has 0 saturated carbocycles. The number of fused-ring (bicyclic) bond motifs is 1. The molecule has 0 aliphatic carbocycles. The van der Waals surface area contributed by atoms with Gasteiger partial charge in [-0.2, -0.15) is 0 Å². The number of sulfonamides is 1. The van der Waals surface area contributed by atoms with E-state index >= 15 is 0 Å². The van der Waals surface area contributed by atoms with Crippen LogP contribution < -0.4 is 14.8 Å². The molecule has 0 bridgehead atoms. The molecule has 2 aliphatic rings. The molecule has 1 aromatic carbocycles. The highest BCUT2D eigenvalue weighted by Crippen LogP contribution is 2.26. The van der Waals surface area contributed by atoms with Crippen molar-refractivity contribution in [3.05, 3.63) is 24.3 Å². The van der Waals surface area contributed by atoms with E-state index in [0.29, 0.717) is 24.9 Å². The number of likely N-dealkylation sites (tertiary alicyclic amines) is 1. The van der Waals surface area contributed by atoms with Crippen LogP contribution in [0.25, 0.3) is 0 Å². The van der Waals surface area contributed by atoms with E-state index in [-0.39, 0.29) is 10.8 Å². The fraction of sp³-hybridized carbons (Fsp3) is 0.533. The third kappa shape index (κ3) is 4.46. The summed E-state index contributed by atoms with van der Waals surface area (Å²) in [6.45, 7) is 2.51. The topological polar surface area (TPSA) is 87.7 Å². The minimum Gasteiger partial charge on any atom is -0.406 e. The number of hydrogen-bond donors (Lipinski definition) is 2. The zero-order valence-corrected chi connectivity index (χ0v) is 14.4. The fourth-order valence-electron chi connectivity index (χ4n) is 3.23. The average molecular weight is 393 g/mol. The summed E-state index contributed by atoms with van der Waals surface area (Å²) in [4.78, 5) is 13.6. The molecule has 1 aromatic rings. The SMILES string of the molecule is O=C(CNS(=O)(=O)c1ccc(OC(F)(F)F)cc1)N1C[C@H]2CNC[C@H]2C1. The molecule has 2 saturated heterocycles. The maximum absolute atomic E-state index is 12.2. The standard InChI is InChI=1S/C15H18F3N3O4S/c16-15(17,18)25-12-1-3-13(4-2-12)26(23,24)20-7-14(22)21-8-10-5-19-6-11(10)9-21/h1-4,10-11,19-20H,5-9H2/t10-,11+. The van der Waals surface area contributed by atoms with Gasteiger partial charge in [0.15, 0.2) is 0 Å². The van der Waals surface area contributed by atoms with Gasteiger partial charge in [-0.1, -0.05) is 0 Å². The Hall–Kier alpha value is -1.85. The molecule has 2 atom stereocenters. The van der Waals surface area contributed by atoms with Gasteiger partial charge in [0.25, 0.3) is 0 Å². The van der Waals surface area contributed by atoms with Crippen LogP contribution in [0.3, 0.4) is 0 Å². The van der Waals surface area contributed by atoms with Crippen molar-refractivity contribution >= 4 is 15.9 Å². The van der Waals surface area contributed by atoms with E-state index in [1.54, 1.807) is 4.90 Å². The van der Waals surface area contributed by atoms with Crippen LogP contribution in [0.15, 0.2) is 29.2 Å². The smallest absolute Gasteiger partial charge is 0.406 e. The molecule has 2 N–H and O–H groups in total. The van der Waals surface area contributed by atoms with Crippen LogP contribution in [0, 0.1) is 11.8 Å². The maximum atomic E-state index is 12.2. The first-order valence-corrected chi connectivity index (χ1v) is 9.46. The van der Waals surface area contributed by atoms with Gasteiger partial charge in [-0.05, 0) is 36.1 Å². The lowest BCUT2D eigenvalue weighted by molar-refractivity contribution is -0.274. The van der Waals surface area contributed by atoms with Crippen molar-refractivity contribution in [2.75, 3.05) is 32.7 Å². The highest BCUT2D eigenvalue weighted by molar-refractivity contribution is 7.89. The molecule has 2 aliphatic heterocycles. The van der Waals surface area contributed by atoms with Gasteiger partial charge < -0.3 is 15.0 Å². The van der Waals surface area contributed by atoms with Crippen molar-refractivity contribution in [2.24, 2.45) is 11.8 Å². The number of ether oxygens (including phenoxy) is 1. The number of hydrogen-bond acceptors (Lipinski definition) is 5. The van der Waals surface area contributed by atoms with Crippen LogP contribution in [0.1, 0.15) is 0 Å². The van der Waals surface area contributed by atoms with Crippen LogP contribution in [-0.4, -0.2) is 58.3 Å². The Morgan fingerprint density at radius 2 is 1.77 bits per heavy atom. The summed E-state index contributed by atoms with van der Waals surface area (Å²) in [6.07, 6.45) is -4.85.